The second-order valence-electron chi connectivity index (χ2n) is 8.78. The molecule has 0 bridgehead atoms. The third-order valence-corrected chi connectivity index (χ3v) is 5.46. The number of carbonyl (C=O) groups is 1. The molecule has 1 aliphatic carbocycles. The number of alkyl halides is 3. The van der Waals surface area contributed by atoms with Gasteiger partial charge in [0.05, 0.1) is 24.4 Å². The Hall–Kier alpha value is -2.32. The SMILES string of the molecule is CC/C=C\CCCC(=O)NCC.C[C@H](/C=C/[C@@H]1C[C@@H](O)C[C@H]1O)COc1cccc(C(F)(F)F)c1. The fourth-order valence-corrected chi connectivity index (χ4v) is 3.56. The lowest BCUT2D eigenvalue weighted by Crippen LogP contribution is -2.21. The van der Waals surface area contributed by atoms with Crippen LogP contribution in [0.25, 0.3) is 0 Å². The maximum Gasteiger partial charge on any atom is 0.416 e. The highest BCUT2D eigenvalue weighted by Gasteiger charge is 2.31. The van der Waals surface area contributed by atoms with E-state index >= 15 is 0 Å². The number of benzene rings is 1. The van der Waals surface area contributed by atoms with Crippen LogP contribution in [0.5, 0.6) is 5.75 Å². The number of aliphatic hydroxyl groups excluding tert-OH is 2. The maximum absolute atomic E-state index is 12.6. The van der Waals surface area contributed by atoms with Gasteiger partial charge in [0.25, 0.3) is 0 Å². The van der Waals surface area contributed by atoms with Crippen molar-refractivity contribution in [1.82, 2.24) is 5.32 Å². The molecule has 35 heavy (non-hydrogen) atoms. The molecule has 2 rings (SSSR count). The second-order valence-corrected chi connectivity index (χ2v) is 8.78. The third-order valence-electron chi connectivity index (χ3n) is 5.46. The van der Waals surface area contributed by atoms with Crippen LogP contribution in [0.4, 0.5) is 13.2 Å². The van der Waals surface area contributed by atoms with E-state index in [-0.39, 0.29) is 30.1 Å². The fraction of sp³-hybridized carbons (Fsp3) is 0.593. The number of ether oxygens (including phenoxy) is 1. The normalized spacial score (nSPS) is 21.1. The lowest BCUT2D eigenvalue weighted by molar-refractivity contribution is -0.137. The molecule has 198 valence electrons. The van der Waals surface area contributed by atoms with Crippen LogP contribution in [0.15, 0.2) is 48.6 Å². The molecule has 0 aromatic heterocycles. The first-order valence-electron chi connectivity index (χ1n) is 12.3. The van der Waals surface area contributed by atoms with E-state index in [1.54, 1.807) is 0 Å². The molecule has 4 atom stereocenters. The summed E-state index contributed by atoms with van der Waals surface area (Å²) in [6.07, 6.45) is 7.20. The smallest absolute Gasteiger partial charge is 0.416 e. The van der Waals surface area contributed by atoms with Crippen molar-refractivity contribution in [3.05, 3.63) is 54.1 Å². The Kier molecular flexibility index (Phi) is 14.4. The van der Waals surface area contributed by atoms with E-state index in [1.807, 2.05) is 26.0 Å². The van der Waals surface area contributed by atoms with Gasteiger partial charge in [0.1, 0.15) is 5.75 Å². The van der Waals surface area contributed by atoms with Gasteiger partial charge < -0.3 is 20.3 Å². The average molecular weight is 500 g/mol. The Labute approximate surface area is 207 Å². The highest BCUT2D eigenvalue weighted by molar-refractivity contribution is 5.75. The molecule has 0 radical (unpaired) electrons. The first-order chi connectivity index (χ1) is 16.6. The number of rotatable bonds is 11. The predicted octanol–water partition coefficient (Wildman–Crippen LogP) is 5.67. The molecule has 0 spiro atoms. The van der Waals surface area contributed by atoms with Crippen molar-refractivity contribution in [3.63, 3.8) is 0 Å². The standard InChI is InChI=1S/C17H21F3O3.C10H19NO/c1-11(5-6-12-7-14(21)9-16(12)22)10-23-15-4-2-3-13(8-15)17(18,19)20;1-3-5-6-7-8-9-10(12)11-4-2/h2-6,8,11-12,14,16,21-22H,7,9-10H2,1H3;5-6H,3-4,7-9H2,1-2H3,(H,11,12)/b6-5+;6-5-/t11-,12-,14-,16-;/m1./s1. The lowest BCUT2D eigenvalue weighted by atomic mass is 10.0. The van der Waals surface area contributed by atoms with Crippen LogP contribution in [0.2, 0.25) is 0 Å². The summed E-state index contributed by atoms with van der Waals surface area (Å²) in [5.74, 6) is 0.245. The number of halogens is 3. The zero-order chi connectivity index (χ0) is 26.3. The minimum Gasteiger partial charge on any atom is -0.493 e. The highest BCUT2D eigenvalue weighted by atomic mass is 19.4. The van der Waals surface area contributed by atoms with Crippen LogP contribution < -0.4 is 10.1 Å². The summed E-state index contributed by atoms with van der Waals surface area (Å²) in [6, 6.07) is 4.79. The van der Waals surface area contributed by atoms with Gasteiger partial charge in [-0.15, -0.1) is 0 Å². The largest absolute Gasteiger partial charge is 0.493 e. The topological polar surface area (TPSA) is 78.8 Å². The molecule has 0 unspecified atom stereocenters. The molecule has 5 nitrogen and oxygen atoms in total. The van der Waals surface area contributed by atoms with Crippen LogP contribution in [-0.4, -0.2) is 41.5 Å². The number of unbranched alkanes of at least 4 members (excludes halogenated alkanes) is 1. The molecular weight excluding hydrogens is 459 g/mol. The number of hydrogen-bond donors (Lipinski definition) is 3. The first kappa shape index (κ1) is 30.7. The van der Waals surface area contributed by atoms with Crippen LogP contribution in [0, 0.1) is 11.8 Å². The van der Waals surface area contributed by atoms with E-state index in [9.17, 15) is 28.2 Å². The van der Waals surface area contributed by atoms with Gasteiger partial charge in [0.2, 0.25) is 5.91 Å². The van der Waals surface area contributed by atoms with E-state index in [4.69, 9.17) is 4.74 Å². The van der Waals surface area contributed by atoms with Crippen LogP contribution in [0.3, 0.4) is 0 Å². The van der Waals surface area contributed by atoms with E-state index in [0.29, 0.717) is 19.3 Å². The summed E-state index contributed by atoms with van der Waals surface area (Å²) in [5, 5.41) is 22.0. The molecule has 1 amide bonds. The molecule has 1 saturated carbocycles. The van der Waals surface area contributed by atoms with Crippen molar-refractivity contribution >= 4 is 5.91 Å². The summed E-state index contributed by atoms with van der Waals surface area (Å²) < 4.78 is 43.3. The van der Waals surface area contributed by atoms with Gasteiger partial charge in [-0.05, 0) is 57.2 Å². The van der Waals surface area contributed by atoms with Crippen molar-refractivity contribution in [2.75, 3.05) is 13.2 Å². The molecular formula is C27H40F3NO4. The number of nitrogens with one attached hydrogen (secondary N) is 1. The molecule has 1 aromatic rings. The summed E-state index contributed by atoms with van der Waals surface area (Å²) in [4.78, 5) is 10.9. The number of amides is 1. The van der Waals surface area contributed by atoms with E-state index in [0.717, 1.165) is 37.9 Å². The monoisotopic (exact) mass is 499 g/mol. The van der Waals surface area contributed by atoms with Crippen LogP contribution in [-0.2, 0) is 11.0 Å². The van der Waals surface area contributed by atoms with E-state index in [2.05, 4.69) is 24.4 Å². The minimum absolute atomic E-state index is 0.0190. The first-order valence-corrected chi connectivity index (χ1v) is 12.3. The summed E-state index contributed by atoms with van der Waals surface area (Å²) in [7, 11) is 0. The molecule has 0 aliphatic heterocycles. The van der Waals surface area contributed by atoms with Gasteiger partial charge in [-0.3, -0.25) is 4.79 Å². The molecule has 1 aromatic carbocycles. The Bertz CT molecular complexity index is 795. The van der Waals surface area contributed by atoms with Crippen molar-refractivity contribution in [1.29, 1.82) is 0 Å². The minimum atomic E-state index is -4.38. The number of hydrogen-bond acceptors (Lipinski definition) is 4. The number of aliphatic hydroxyl groups is 2. The maximum atomic E-state index is 12.6. The Balaban J connectivity index is 0.000000434. The quantitative estimate of drug-likeness (QED) is 0.271. The van der Waals surface area contributed by atoms with Gasteiger partial charge in [-0.2, -0.15) is 13.2 Å². The molecule has 1 fully saturated rings. The zero-order valence-corrected chi connectivity index (χ0v) is 20.9. The molecule has 0 heterocycles. The second kappa shape index (κ2) is 16.4. The average Bonchev–Trinajstić information content (AvgIpc) is 3.13. The molecule has 0 saturated heterocycles. The molecule has 1 aliphatic rings. The van der Waals surface area contributed by atoms with Crippen molar-refractivity contribution in [2.45, 2.75) is 77.7 Å². The van der Waals surface area contributed by atoms with E-state index < -0.39 is 23.9 Å². The van der Waals surface area contributed by atoms with Crippen molar-refractivity contribution < 1.29 is 32.9 Å². The van der Waals surface area contributed by atoms with Gasteiger partial charge in [0, 0.05) is 24.8 Å². The van der Waals surface area contributed by atoms with Crippen molar-refractivity contribution in [2.24, 2.45) is 11.8 Å². The Morgan fingerprint density at radius 3 is 2.57 bits per heavy atom. The van der Waals surface area contributed by atoms with Crippen LogP contribution in [0.1, 0.15) is 64.9 Å². The lowest BCUT2D eigenvalue weighted by Gasteiger charge is -2.13. The zero-order valence-electron chi connectivity index (χ0n) is 20.9. The Morgan fingerprint density at radius 2 is 1.97 bits per heavy atom. The summed E-state index contributed by atoms with van der Waals surface area (Å²) >= 11 is 0. The fourth-order valence-electron chi connectivity index (χ4n) is 3.56. The third kappa shape index (κ3) is 13.4. The van der Waals surface area contributed by atoms with Gasteiger partial charge in [-0.1, -0.05) is 44.2 Å². The van der Waals surface area contributed by atoms with E-state index in [1.165, 1.54) is 12.1 Å². The summed E-state index contributed by atoms with van der Waals surface area (Å²) in [6.45, 7) is 6.91. The Morgan fingerprint density at radius 1 is 1.23 bits per heavy atom. The predicted molar refractivity (Wildman–Crippen MR) is 132 cm³/mol. The summed E-state index contributed by atoms with van der Waals surface area (Å²) in [5.41, 5.74) is -0.735. The van der Waals surface area contributed by atoms with Crippen molar-refractivity contribution in [3.8, 4) is 5.75 Å². The highest BCUT2D eigenvalue weighted by Crippen LogP contribution is 2.31. The van der Waals surface area contributed by atoms with Crippen LogP contribution >= 0.6 is 0 Å². The molecule has 8 heteroatoms. The number of carbonyl (C=O) groups excluding carboxylic acids is 1. The van der Waals surface area contributed by atoms with Gasteiger partial charge in [0.15, 0.2) is 0 Å². The van der Waals surface area contributed by atoms with Gasteiger partial charge in [-0.25, -0.2) is 0 Å². The number of allylic oxidation sites excluding steroid dienone is 2. The molecule has 3 N–H and O–H groups in total. The van der Waals surface area contributed by atoms with Gasteiger partial charge >= 0.3 is 6.18 Å².